The molecule has 1 fully saturated rings. The largest absolute Gasteiger partial charge is 0.493 e. The van der Waals surface area contributed by atoms with Crippen LogP contribution in [0.2, 0.25) is 0 Å². The van der Waals surface area contributed by atoms with Crippen LogP contribution in [-0.4, -0.2) is 48.2 Å². The lowest BCUT2D eigenvalue weighted by molar-refractivity contribution is -0.115. The van der Waals surface area contributed by atoms with E-state index < -0.39 is 10.0 Å². The quantitative estimate of drug-likeness (QED) is 0.394. The maximum Gasteiger partial charge on any atom is 0.242 e. The Morgan fingerprint density at radius 3 is 2.32 bits per heavy atom. The molecule has 37 heavy (non-hydrogen) atoms. The van der Waals surface area contributed by atoms with Gasteiger partial charge >= 0.3 is 0 Å². The van der Waals surface area contributed by atoms with Gasteiger partial charge in [-0.1, -0.05) is 36.4 Å². The fourth-order valence-corrected chi connectivity index (χ4v) is 5.74. The molecule has 0 bridgehead atoms. The van der Waals surface area contributed by atoms with Gasteiger partial charge in [0.25, 0.3) is 0 Å². The van der Waals surface area contributed by atoms with Gasteiger partial charge in [-0.15, -0.1) is 0 Å². The summed E-state index contributed by atoms with van der Waals surface area (Å²) >= 11 is 0. The van der Waals surface area contributed by atoms with E-state index >= 15 is 0 Å². The molecule has 1 aliphatic rings. The van der Waals surface area contributed by atoms with Gasteiger partial charge < -0.3 is 19.7 Å². The third-order valence-electron chi connectivity index (χ3n) is 6.34. The van der Waals surface area contributed by atoms with Crippen LogP contribution < -0.4 is 24.4 Å². The molecular formula is C28H33N3O5S. The minimum absolute atomic E-state index is 0.166. The first kappa shape index (κ1) is 26.5. The molecule has 2 N–H and O–H groups in total. The summed E-state index contributed by atoms with van der Waals surface area (Å²) in [5, 5.41) is 2.85. The van der Waals surface area contributed by atoms with Crippen molar-refractivity contribution in [2.24, 2.45) is 0 Å². The highest BCUT2D eigenvalue weighted by Gasteiger charge is 2.24. The first-order chi connectivity index (χ1) is 17.9. The third kappa shape index (κ3) is 6.81. The first-order valence-corrected chi connectivity index (χ1v) is 13.8. The zero-order valence-electron chi connectivity index (χ0n) is 21.2. The Morgan fingerprint density at radius 2 is 1.62 bits per heavy atom. The van der Waals surface area contributed by atoms with E-state index in [-0.39, 0.29) is 23.8 Å². The Bertz CT molecular complexity index is 1320. The molecule has 9 heteroatoms. The van der Waals surface area contributed by atoms with Crippen molar-refractivity contribution >= 4 is 27.3 Å². The van der Waals surface area contributed by atoms with Crippen LogP contribution in [0.3, 0.4) is 0 Å². The number of methoxy groups -OCH3 is 2. The van der Waals surface area contributed by atoms with Crippen molar-refractivity contribution in [1.29, 1.82) is 0 Å². The first-order valence-electron chi connectivity index (χ1n) is 12.3. The fraction of sp³-hybridized carbons (Fsp3) is 0.321. The molecule has 0 saturated carbocycles. The highest BCUT2D eigenvalue weighted by atomic mass is 32.2. The molecule has 0 atom stereocenters. The van der Waals surface area contributed by atoms with Crippen LogP contribution in [0.4, 0.5) is 11.4 Å². The summed E-state index contributed by atoms with van der Waals surface area (Å²) in [5.41, 5.74) is 2.90. The van der Waals surface area contributed by atoms with Crippen molar-refractivity contribution in [2.75, 3.05) is 44.1 Å². The zero-order chi connectivity index (χ0) is 26.3. The second kappa shape index (κ2) is 12.1. The van der Waals surface area contributed by atoms with Crippen molar-refractivity contribution < 1.29 is 22.7 Å². The predicted molar refractivity (Wildman–Crippen MR) is 145 cm³/mol. The lowest BCUT2D eigenvalue weighted by atomic mass is 10.1. The Balaban J connectivity index is 1.50. The number of carbonyl (C=O) groups is 1. The van der Waals surface area contributed by atoms with Gasteiger partial charge in [0.15, 0.2) is 11.5 Å². The van der Waals surface area contributed by atoms with Crippen LogP contribution in [0.5, 0.6) is 11.5 Å². The minimum Gasteiger partial charge on any atom is -0.493 e. The summed E-state index contributed by atoms with van der Waals surface area (Å²) in [6.07, 6.45) is 2.72. The molecule has 0 aromatic heterocycles. The predicted octanol–water partition coefficient (Wildman–Crippen LogP) is 4.01. The van der Waals surface area contributed by atoms with E-state index in [0.717, 1.165) is 37.1 Å². The molecular weight excluding hydrogens is 490 g/mol. The second-order valence-corrected chi connectivity index (χ2v) is 10.7. The van der Waals surface area contributed by atoms with E-state index in [0.29, 0.717) is 29.3 Å². The molecule has 8 nitrogen and oxygen atoms in total. The molecule has 196 valence electrons. The van der Waals surface area contributed by atoms with Gasteiger partial charge in [0.2, 0.25) is 15.9 Å². The zero-order valence-corrected chi connectivity index (χ0v) is 22.0. The van der Waals surface area contributed by atoms with Crippen molar-refractivity contribution in [3.05, 3.63) is 77.9 Å². The number of amides is 1. The van der Waals surface area contributed by atoms with Crippen LogP contribution >= 0.6 is 0 Å². The lowest BCUT2D eigenvalue weighted by Crippen LogP contribution is -2.29. The number of hydrogen-bond acceptors (Lipinski definition) is 6. The van der Waals surface area contributed by atoms with Gasteiger partial charge in [0.05, 0.1) is 26.3 Å². The van der Waals surface area contributed by atoms with Gasteiger partial charge in [-0.05, 0) is 60.7 Å². The van der Waals surface area contributed by atoms with E-state index in [2.05, 4.69) is 14.9 Å². The van der Waals surface area contributed by atoms with Gasteiger partial charge in [-0.2, -0.15) is 0 Å². The van der Waals surface area contributed by atoms with E-state index in [1.807, 2.05) is 42.5 Å². The van der Waals surface area contributed by atoms with Crippen LogP contribution in [0.15, 0.2) is 71.6 Å². The minimum atomic E-state index is -3.84. The van der Waals surface area contributed by atoms with Gasteiger partial charge in [-0.25, -0.2) is 13.1 Å². The number of rotatable bonds is 11. The summed E-state index contributed by atoms with van der Waals surface area (Å²) < 4.78 is 40.3. The standard InChI is InChI=1S/C28H33N3O5S/c1-35-25-13-10-22(18-26(25)36-2)14-15-29-37(33,34)27-20-23(11-12-24(27)31-16-6-7-17-31)30-28(32)19-21-8-4-3-5-9-21/h3-5,8-13,18,20,29H,6-7,14-17,19H2,1-2H3,(H,30,32). The smallest absolute Gasteiger partial charge is 0.242 e. The molecule has 1 aliphatic heterocycles. The van der Waals surface area contributed by atoms with Crippen LogP contribution in [0.1, 0.15) is 24.0 Å². The molecule has 1 saturated heterocycles. The summed E-state index contributed by atoms with van der Waals surface area (Å²) in [5.74, 6) is 1.01. The molecule has 4 rings (SSSR count). The van der Waals surface area contributed by atoms with E-state index in [9.17, 15) is 13.2 Å². The molecule has 0 aliphatic carbocycles. The Labute approximate surface area is 218 Å². The number of nitrogens with one attached hydrogen (secondary N) is 2. The summed E-state index contributed by atoms with van der Waals surface area (Å²) in [4.78, 5) is 14.9. The fourth-order valence-electron chi connectivity index (χ4n) is 4.46. The summed E-state index contributed by atoms with van der Waals surface area (Å²) in [6, 6.07) is 20.0. The van der Waals surface area contributed by atoms with E-state index in [1.165, 1.54) is 0 Å². The van der Waals surface area contributed by atoms with E-state index in [1.54, 1.807) is 38.5 Å². The molecule has 0 spiro atoms. The summed E-state index contributed by atoms with van der Waals surface area (Å²) in [7, 11) is -0.707. The maximum atomic E-state index is 13.5. The number of sulfonamides is 1. The highest BCUT2D eigenvalue weighted by molar-refractivity contribution is 7.89. The highest BCUT2D eigenvalue weighted by Crippen LogP contribution is 2.31. The van der Waals surface area contributed by atoms with Crippen molar-refractivity contribution in [2.45, 2.75) is 30.6 Å². The maximum absolute atomic E-state index is 13.5. The van der Waals surface area contributed by atoms with Gasteiger partial charge in [0.1, 0.15) is 4.90 Å². The van der Waals surface area contributed by atoms with Crippen LogP contribution in [0.25, 0.3) is 0 Å². The topological polar surface area (TPSA) is 97.0 Å². The van der Waals surface area contributed by atoms with Gasteiger partial charge in [0, 0.05) is 25.3 Å². The van der Waals surface area contributed by atoms with Crippen LogP contribution in [0, 0.1) is 0 Å². The Morgan fingerprint density at radius 1 is 0.892 bits per heavy atom. The average molecular weight is 524 g/mol. The van der Waals surface area contributed by atoms with Crippen molar-refractivity contribution in [3.8, 4) is 11.5 Å². The number of hydrogen-bond donors (Lipinski definition) is 2. The Hall–Kier alpha value is -3.56. The molecule has 3 aromatic rings. The number of nitrogens with zero attached hydrogens (tertiary/aromatic N) is 1. The third-order valence-corrected chi connectivity index (χ3v) is 7.83. The number of carbonyl (C=O) groups excluding carboxylic acids is 1. The average Bonchev–Trinajstić information content (AvgIpc) is 3.44. The molecule has 3 aromatic carbocycles. The number of ether oxygens (including phenoxy) is 2. The summed E-state index contributed by atoms with van der Waals surface area (Å²) in [6.45, 7) is 1.81. The molecule has 1 amide bonds. The monoisotopic (exact) mass is 523 g/mol. The SMILES string of the molecule is COc1ccc(CCNS(=O)(=O)c2cc(NC(=O)Cc3ccccc3)ccc2N2CCCC2)cc1OC. The van der Waals surface area contributed by atoms with E-state index in [4.69, 9.17) is 9.47 Å². The lowest BCUT2D eigenvalue weighted by Gasteiger charge is -2.22. The Kier molecular flexibility index (Phi) is 8.68. The number of anilines is 2. The van der Waals surface area contributed by atoms with Gasteiger partial charge in [-0.3, -0.25) is 4.79 Å². The second-order valence-electron chi connectivity index (χ2n) is 8.92. The van der Waals surface area contributed by atoms with Crippen molar-refractivity contribution in [1.82, 2.24) is 4.72 Å². The normalized spacial score (nSPS) is 13.4. The molecule has 0 radical (unpaired) electrons. The molecule has 1 heterocycles. The van der Waals surface area contributed by atoms with Crippen LogP contribution in [-0.2, 0) is 27.7 Å². The van der Waals surface area contributed by atoms with Crippen molar-refractivity contribution in [3.63, 3.8) is 0 Å². The number of benzene rings is 3. The molecule has 0 unspecified atom stereocenters.